The first-order valence-corrected chi connectivity index (χ1v) is 51.3. The molecule has 0 spiro atoms. The number of aromatic nitrogens is 12. The van der Waals surface area contributed by atoms with Crippen LogP contribution >= 0.6 is 0 Å². The van der Waals surface area contributed by atoms with Gasteiger partial charge in [0.15, 0.2) is 52.1 Å². The maximum atomic E-state index is 12.5. The third kappa shape index (κ3) is 26.2. The van der Waals surface area contributed by atoms with Crippen molar-refractivity contribution in [1.82, 2.24) is 93.9 Å². The molecule has 0 atom stereocenters. The lowest BCUT2D eigenvalue weighted by atomic mass is 10.1. The van der Waals surface area contributed by atoms with Crippen molar-refractivity contribution in [2.24, 2.45) is 0 Å². The van der Waals surface area contributed by atoms with Gasteiger partial charge in [0, 0.05) is 173 Å². The second-order valence-electron chi connectivity index (χ2n) is 33.6. The summed E-state index contributed by atoms with van der Waals surface area (Å²) in [6.07, 6.45) is 4.45. The van der Waals surface area contributed by atoms with Gasteiger partial charge >= 0.3 is 0 Å². The number of carbonyl (C=O) groups is 3. The zero-order valence-electron chi connectivity index (χ0n) is 78.2. The SMILES string of the molecule is CN(C)C(=O)c1ccc(Nc2nc3cccc(-c4ccc(S(C)(=O)=O)cc4)n3n2)cc1.COc1ccc(-c2cccc3nc(Nc4ccc(CNCCN5CCOCC5)cc4)nn23)cc1.CS(=O)(=O)c1ccc(-c2cccc3nc(Nc4ccc(C(=O)NCCCN5CCOCC5)cc4)nn23)cc1.CS(=O)(=O)c1ccc(-c2cccc3nc(Nc4ccc(C(=O)NCCN5CCOCC5)cc4)nn23)cc1. The molecule has 3 aliphatic rings. The maximum Gasteiger partial charge on any atom is 0.253 e. The molecule has 8 aromatic carbocycles. The van der Waals surface area contributed by atoms with Gasteiger partial charge in [-0.1, -0.05) is 72.8 Å². The summed E-state index contributed by atoms with van der Waals surface area (Å²) >= 11 is 0. The third-order valence-corrected chi connectivity index (χ3v) is 26.7. The molecule has 3 amide bonds. The summed E-state index contributed by atoms with van der Waals surface area (Å²) in [7, 11) is -4.71. The predicted molar refractivity (Wildman–Crippen MR) is 539 cm³/mol. The minimum atomic E-state index is -3.27. The van der Waals surface area contributed by atoms with E-state index in [1.54, 1.807) is 156 Å². The van der Waals surface area contributed by atoms with Gasteiger partial charge in [0.05, 0.1) is 84.2 Å². The predicted octanol–water partition coefficient (Wildman–Crippen LogP) is 12.4. The van der Waals surface area contributed by atoms with Crippen LogP contribution in [0.5, 0.6) is 5.75 Å². The Hall–Kier alpha value is -14.8. The summed E-state index contributed by atoms with van der Waals surface area (Å²) in [5.74, 6) is 2.34. The largest absolute Gasteiger partial charge is 0.497 e. The van der Waals surface area contributed by atoms with Crippen LogP contribution in [0.25, 0.3) is 67.6 Å². The lowest BCUT2D eigenvalue weighted by Crippen LogP contribution is -2.41. The molecule has 3 saturated heterocycles. The van der Waals surface area contributed by atoms with Gasteiger partial charge in [0.2, 0.25) is 23.8 Å². The molecule has 39 heteroatoms. The van der Waals surface area contributed by atoms with Crippen LogP contribution in [0.2, 0.25) is 0 Å². The van der Waals surface area contributed by atoms with Crippen molar-refractivity contribution >= 4 is 116 Å². The van der Waals surface area contributed by atoms with Gasteiger partial charge in [-0.15, -0.1) is 20.4 Å². The first kappa shape index (κ1) is 98.3. The Bertz CT molecular complexity index is 7310. The standard InChI is InChI=1S/C27H30N6O4S.C26H28N6O4S.C26H30N6O2.C22H21N5O3S/c1-38(35,36)23-12-8-20(9-13-23)24-4-2-5-25-30-27(31-33(24)25)29-22-10-6-21(7-11-22)26(34)28-14-3-15-32-16-18-37-19-17-32;1-37(34,35)22-11-7-19(8-12-22)23-3-2-4-24-29-26(30-32(23)24)28-21-9-5-20(6-10-21)25(33)27-13-14-31-15-17-36-18-16-31;1-33-23-11-7-21(8-12-23)24-3-2-4-25-29-26(30-32(24)25)28-22-9-5-20(6-10-22)19-27-13-14-31-15-17-34-18-16-31;1-26(2)21(28)16-7-11-17(12-8-16)23-22-24-20-6-4-5-19(27(20)25-22)15-9-13-18(14-10-15)31(3,29)30/h2,4-13H,3,14-19H2,1H3,(H,28,34)(H,29,31);2-12H,13-18H2,1H3,(H,27,33)(H,28,30);2-12,27H,13-19H2,1H3,(H,28,30);4-14H,1-3H3,(H,23,25). The highest BCUT2D eigenvalue weighted by molar-refractivity contribution is 7.91. The number of sulfone groups is 3. The fourth-order valence-corrected chi connectivity index (χ4v) is 17.5. The summed E-state index contributed by atoms with van der Waals surface area (Å²) in [6, 6.07) is 80.6. The molecule has 11 heterocycles. The smallest absolute Gasteiger partial charge is 0.253 e. The number of amides is 3. The number of fused-ring (bicyclic) bond motifs is 4. The number of benzene rings is 8. The van der Waals surface area contributed by atoms with Crippen LogP contribution in [0, 0.1) is 0 Å². The normalized spacial score (nSPS) is 13.8. The molecule has 0 bridgehead atoms. The zero-order chi connectivity index (χ0) is 97.7. The average Bonchev–Trinajstić information content (AvgIpc) is 1.63. The van der Waals surface area contributed by atoms with E-state index in [9.17, 15) is 39.6 Å². The Kier molecular flexibility index (Phi) is 32.1. The van der Waals surface area contributed by atoms with Crippen molar-refractivity contribution in [3.8, 4) is 50.8 Å². The molecule has 0 saturated carbocycles. The van der Waals surface area contributed by atoms with Crippen LogP contribution in [0.1, 0.15) is 43.1 Å². The number of nitrogens with zero attached hydrogens (tertiary/aromatic N) is 16. The number of pyridine rings is 4. The maximum absolute atomic E-state index is 12.5. The second-order valence-corrected chi connectivity index (χ2v) is 39.7. The van der Waals surface area contributed by atoms with Crippen molar-refractivity contribution in [1.29, 1.82) is 0 Å². The molecule has 0 unspecified atom stereocenters. The summed E-state index contributed by atoms with van der Waals surface area (Å²) in [5, 5.41) is 40.7. The Morgan fingerprint density at radius 1 is 0.350 bits per heavy atom. The molecule has 36 nitrogen and oxygen atoms in total. The number of anilines is 8. The Labute approximate surface area is 810 Å². The van der Waals surface area contributed by atoms with Crippen LogP contribution < -0.4 is 42.0 Å². The Morgan fingerprint density at radius 3 is 0.957 bits per heavy atom. The third-order valence-electron chi connectivity index (χ3n) is 23.3. The molecule has 8 aromatic heterocycles. The number of nitrogens with one attached hydrogen (secondary N) is 7. The monoisotopic (exact) mass is 1950 g/mol. The van der Waals surface area contributed by atoms with Crippen LogP contribution in [-0.2, 0) is 50.3 Å². The highest BCUT2D eigenvalue weighted by Gasteiger charge is 2.22. The topological polar surface area (TPSA) is 408 Å². The van der Waals surface area contributed by atoms with E-state index in [-0.39, 0.29) is 32.4 Å². The molecule has 7 N–H and O–H groups in total. The van der Waals surface area contributed by atoms with Gasteiger partial charge in [-0.25, -0.2) is 43.3 Å². The number of methoxy groups -OCH3 is 1. The number of ether oxygens (including phenoxy) is 4. The summed E-state index contributed by atoms with van der Waals surface area (Å²) in [6.45, 7) is 16.3. The summed E-state index contributed by atoms with van der Waals surface area (Å²) in [4.78, 5) is 64.6. The Balaban J connectivity index is 0.000000135. The van der Waals surface area contributed by atoms with E-state index in [0.29, 0.717) is 70.5 Å². The van der Waals surface area contributed by atoms with E-state index < -0.39 is 29.5 Å². The first-order chi connectivity index (χ1) is 67.7. The molecule has 16 aromatic rings. The van der Waals surface area contributed by atoms with E-state index in [2.05, 4.69) is 111 Å². The van der Waals surface area contributed by atoms with Crippen LogP contribution in [-0.4, -0.2) is 279 Å². The minimum absolute atomic E-state index is 0.0658. The van der Waals surface area contributed by atoms with E-state index in [0.717, 1.165) is 197 Å². The molecule has 0 radical (unpaired) electrons. The molecular weight excluding hydrogens is 1840 g/mol. The van der Waals surface area contributed by atoms with E-state index in [1.165, 1.54) is 29.2 Å². The van der Waals surface area contributed by atoms with Crippen molar-refractivity contribution in [3.05, 3.63) is 289 Å². The molecule has 3 aliphatic heterocycles. The quantitative estimate of drug-likeness (QED) is 0.0198. The number of morpholine rings is 3. The van der Waals surface area contributed by atoms with Gasteiger partial charge in [-0.2, -0.15) is 19.9 Å². The fraction of sp³-hybridized carbons (Fsp3) is 0.257. The minimum Gasteiger partial charge on any atom is -0.497 e. The highest BCUT2D eigenvalue weighted by atomic mass is 32.2. The molecule has 140 heavy (non-hydrogen) atoms. The average molecular weight is 1950 g/mol. The van der Waals surface area contributed by atoms with Crippen molar-refractivity contribution in [3.63, 3.8) is 0 Å². The van der Waals surface area contributed by atoms with Gasteiger partial charge in [-0.3, -0.25) is 29.1 Å². The molecular formula is C101H109N23O13S3. The molecule has 0 aliphatic carbocycles. The fourth-order valence-electron chi connectivity index (χ4n) is 15.7. The molecule has 3 fully saturated rings. The number of carbonyl (C=O) groups excluding carboxylic acids is 3. The highest BCUT2D eigenvalue weighted by Crippen LogP contribution is 2.31. The summed E-state index contributed by atoms with van der Waals surface area (Å²) < 4.78 is 98.8. The number of hydrogen-bond acceptors (Lipinski definition) is 29. The first-order valence-electron chi connectivity index (χ1n) is 45.6. The van der Waals surface area contributed by atoms with Gasteiger partial charge < -0.3 is 61.1 Å². The molecule has 724 valence electrons. The lowest BCUT2D eigenvalue weighted by Gasteiger charge is -2.26. The van der Waals surface area contributed by atoms with Crippen molar-refractivity contribution in [2.75, 3.05) is 179 Å². The lowest BCUT2D eigenvalue weighted by molar-refractivity contribution is 0.0374. The summed E-state index contributed by atoms with van der Waals surface area (Å²) in [5.41, 5.74) is 15.8. The second kappa shape index (κ2) is 45.7. The van der Waals surface area contributed by atoms with E-state index in [4.69, 9.17) is 24.0 Å². The number of rotatable bonds is 31. The van der Waals surface area contributed by atoms with E-state index >= 15 is 0 Å². The van der Waals surface area contributed by atoms with Gasteiger partial charge in [0.25, 0.3) is 17.7 Å². The van der Waals surface area contributed by atoms with Crippen LogP contribution in [0.3, 0.4) is 0 Å². The van der Waals surface area contributed by atoms with Gasteiger partial charge in [0.1, 0.15) is 5.75 Å². The van der Waals surface area contributed by atoms with Crippen LogP contribution in [0.15, 0.2) is 282 Å². The molecule has 19 rings (SSSR count). The van der Waals surface area contributed by atoms with Crippen molar-refractivity contribution in [2.45, 2.75) is 27.7 Å². The Morgan fingerprint density at radius 2 is 0.643 bits per heavy atom. The van der Waals surface area contributed by atoms with Crippen LogP contribution in [0.4, 0.5) is 46.5 Å². The van der Waals surface area contributed by atoms with Gasteiger partial charge in [-0.05, 0) is 213 Å². The number of hydrogen-bond donors (Lipinski definition) is 7. The van der Waals surface area contributed by atoms with E-state index in [1.807, 2.05) is 126 Å². The zero-order valence-corrected chi connectivity index (χ0v) is 80.7. The van der Waals surface area contributed by atoms with Crippen molar-refractivity contribution < 1.29 is 58.6 Å².